The molecule has 0 spiro atoms. The molecule has 1 aromatic rings. The van der Waals surface area contributed by atoms with Crippen LogP contribution in [0, 0.1) is 5.92 Å². The van der Waals surface area contributed by atoms with Crippen molar-refractivity contribution < 1.29 is 8.42 Å². The minimum Gasteiger partial charge on any atom is -0.381 e. The number of sulfonamides is 1. The van der Waals surface area contributed by atoms with E-state index in [2.05, 4.69) is 18.9 Å². The Labute approximate surface area is 122 Å². The average Bonchev–Trinajstić information content (AvgIpc) is 2.82. The third-order valence-electron chi connectivity index (χ3n) is 3.67. The highest BCUT2D eigenvalue weighted by Gasteiger charge is 2.28. The molecule has 0 fully saturated rings. The Hall–Kier alpha value is -1.08. The van der Waals surface area contributed by atoms with E-state index >= 15 is 0 Å². The summed E-state index contributed by atoms with van der Waals surface area (Å²) in [6.07, 6.45) is 3.44. The van der Waals surface area contributed by atoms with E-state index in [-0.39, 0.29) is 10.7 Å². The van der Waals surface area contributed by atoms with Gasteiger partial charge in [0.2, 0.25) is 10.0 Å². The first kappa shape index (κ1) is 17.0. The number of hydrogen-bond acceptors (Lipinski definition) is 4. The van der Waals surface area contributed by atoms with Gasteiger partial charge in [-0.2, -0.15) is 9.40 Å². The van der Waals surface area contributed by atoms with E-state index in [4.69, 9.17) is 5.73 Å². The molecule has 6 nitrogen and oxygen atoms in total. The Morgan fingerprint density at radius 2 is 1.90 bits per heavy atom. The lowest BCUT2D eigenvalue weighted by molar-refractivity contribution is 0.339. The van der Waals surface area contributed by atoms with Crippen LogP contribution in [0.25, 0.3) is 0 Å². The largest absolute Gasteiger partial charge is 0.381 e. The van der Waals surface area contributed by atoms with Gasteiger partial charge >= 0.3 is 0 Å². The number of nitrogen functional groups attached to an aromatic ring is 1. The number of nitrogens with two attached hydrogens (primary N) is 1. The summed E-state index contributed by atoms with van der Waals surface area (Å²) in [5, 5.41) is 4.02. The quantitative estimate of drug-likeness (QED) is 0.795. The van der Waals surface area contributed by atoms with E-state index in [1.807, 2.05) is 13.8 Å². The SMILES string of the molecule is CCC(CC)CN(CC)S(=O)(=O)c1cn(CC)nc1N. The van der Waals surface area contributed by atoms with Crippen molar-refractivity contribution in [2.24, 2.45) is 5.92 Å². The predicted molar refractivity (Wildman–Crippen MR) is 80.8 cm³/mol. The number of rotatable bonds is 8. The monoisotopic (exact) mass is 302 g/mol. The van der Waals surface area contributed by atoms with Crippen LogP contribution >= 0.6 is 0 Å². The van der Waals surface area contributed by atoms with Crippen LogP contribution in [-0.2, 0) is 16.6 Å². The molecule has 0 aliphatic rings. The second kappa shape index (κ2) is 7.08. The predicted octanol–water partition coefficient (Wildman–Crippen LogP) is 1.93. The van der Waals surface area contributed by atoms with Crippen LogP contribution in [0.3, 0.4) is 0 Å². The van der Waals surface area contributed by atoms with Gasteiger partial charge in [-0.25, -0.2) is 8.42 Å². The zero-order chi connectivity index (χ0) is 15.3. The number of aryl methyl sites for hydroxylation is 1. The lowest BCUT2D eigenvalue weighted by Gasteiger charge is -2.24. The van der Waals surface area contributed by atoms with Gasteiger partial charge in [0.05, 0.1) is 0 Å². The molecule has 0 aliphatic heterocycles. The molecule has 0 aliphatic carbocycles. The number of anilines is 1. The molecule has 1 heterocycles. The summed E-state index contributed by atoms with van der Waals surface area (Å²) in [7, 11) is -3.56. The first-order chi connectivity index (χ1) is 9.40. The Balaban J connectivity index is 3.08. The van der Waals surface area contributed by atoms with Crippen molar-refractivity contribution in [2.45, 2.75) is 52.0 Å². The molecule has 0 aromatic carbocycles. The molecule has 1 rings (SSSR count). The second-order valence-electron chi connectivity index (χ2n) is 4.87. The van der Waals surface area contributed by atoms with Gasteiger partial charge in [-0.3, -0.25) is 4.68 Å². The fourth-order valence-corrected chi connectivity index (χ4v) is 3.74. The van der Waals surface area contributed by atoms with Gasteiger partial charge in [-0.05, 0) is 12.8 Å². The second-order valence-corrected chi connectivity index (χ2v) is 6.78. The van der Waals surface area contributed by atoms with Crippen molar-refractivity contribution in [1.29, 1.82) is 0 Å². The molecule has 7 heteroatoms. The van der Waals surface area contributed by atoms with Gasteiger partial charge < -0.3 is 5.73 Å². The first-order valence-corrected chi connectivity index (χ1v) is 8.67. The molecule has 0 radical (unpaired) electrons. The molecule has 20 heavy (non-hydrogen) atoms. The van der Waals surface area contributed by atoms with Gasteiger partial charge in [0.1, 0.15) is 4.90 Å². The molecular weight excluding hydrogens is 276 g/mol. The van der Waals surface area contributed by atoms with Gasteiger partial charge in [-0.1, -0.05) is 33.6 Å². The lowest BCUT2D eigenvalue weighted by Crippen LogP contribution is -2.35. The van der Waals surface area contributed by atoms with Crippen molar-refractivity contribution in [3.63, 3.8) is 0 Å². The average molecular weight is 302 g/mol. The number of hydrogen-bond donors (Lipinski definition) is 1. The molecule has 0 amide bonds. The number of nitrogens with zero attached hydrogens (tertiary/aromatic N) is 3. The van der Waals surface area contributed by atoms with Gasteiger partial charge in [0, 0.05) is 25.8 Å². The van der Waals surface area contributed by atoms with Crippen LogP contribution in [-0.4, -0.2) is 35.6 Å². The van der Waals surface area contributed by atoms with Gasteiger partial charge in [-0.15, -0.1) is 0 Å². The van der Waals surface area contributed by atoms with Crippen molar-refractivity contribution in [3.05, 3.63) is 6.20 Å². The van der Waals surface area contributed by atoms with Crippen LogP contribution < -0.4 is 5.73 Å². The molecular formula is C13H26N4O2S. The molecule has 116 valence electrons. The fourth-order valence-electron chi connectivity index (χ4n) is 2.15. The van der Waals surface area contributed by atoms with Crippen molar-refractivity contribution in [2.75, 3.05) is 18.8 Å². The Kier molecular flexibility index (Phi) is 6.01. The van der Waals surface area contributed by atoms with Crippen LogP contribution in [0.1, 0.15) is 40.5 Å². The third-order valence-corrected chi connectivity index (χ3v) is 5.62. The minimum absolute atomic E-state index is 0.0786. The van der Waals surface area contributed by atoms with E-state index in [1.165, 1.54) is 10.5 Å². The maximum atomic E-state index is 12.7. The standard InChI is InChI=1S/C13H26N4O2S/c1-5-11(6-2)9-17(8-4)20(18,19)12-10-16(7-3)15-13(12)14/h10-11H,5-9H2,1-4H3,(H2,14,15). The van der Waals surface area contributed by atoms with E-state index < -0.39 is 10.0 Å². The normalized spacial score (nSPS) is 12.5. The van der Waals surface area contributed by atoms with Crippen molar-refractivity contribution in [1.82, 2.24) is 14.1 Å². The molecule has 0 unspecified atom stereocenters. The van der Waals surface area contributed by atoms with E-state index in [0.29, 0.717) is 25.6 Å². The summed E-state index contributed by atoms with van der Waals surface area (Å²) in [6, 6.07) is 0. The Morgan fingerprint density at radius 3 is 2.30 bits per heavy atom. The van der Waals surface area contributed by atoms with E-state index in [1.54, 1.807) is 4.68 Å². The summed E-state index contributed by atoms with van der Waals surface area (Å²) in [5.74, 6) is 0.446. The Morgan fingerprint density at radius 1 is 1.30 bits per heavy atom. The van der Waals surface area contributed by atoms with Gasteiger partial charge in [0.15, 0.2) is 5.82 Å². The third kappa shape index (κ3) is 3.52. The number of aromatic nitrogens is 2. The Bertz CT molecular complexity index is 520. The van der Waals surface area contributed by atoms with Crippen LogP contribution in [0.5, 0.6) is 0 Å². The molecule has 0 saturated heterocycles. The first-order valence-electron chi connectivity index (χ1n) is 7.23. The van der Waals surface area contributed by atoms with Gasteiger partial charge in [0.25, 0.3) is 0 Å². The maximum absolute atomic E-state index is 12.7. The zero-order valence-corrected chi connectivity index (χ0v) is 13.7. The van der Waals surface area contributed by atoms with Crippen LogP contribution in [0.2, 0.25) is 0 Å². The summed E-state index contributed by atoms with van der Waals surface area (Å²) >= 11 is 0. The van der Waals surface area contributed by atoms with Crippen molar-refractivity contribution in [3.8, 4) is 0 Å². The highest BCUT2D eigenvalue weighted by Crippen LogP contribution is 2.23. The topological polar surface area (TPSA) is 81.2 Å². The van der Waals surface area contributed by atoms with Crippen molar-refractivity contribution >= 4 is 15.8 Å². The highest BCUT2D eigenvalue weighted by molar-refractivity contribution is 7.89. The summed E-state index contributed by atoms with van der Waals surface area (Å²) < 4.78 is 28.4. The maximum Gasteiger partial charge on any atom is 0.248 e. The summed E-state index contributed by atoms with van der Waals surface area (Å²) in [6.45, 7) is 9.47. The molecule has 1 aromatic heterocycles. The molecule has 2 N–H and O–H groups in total. The smallest absolute Gasteiger partial charge is 0.248 e. The van der Waals surface area contributed by atoms with E-state index in [9.17, 15) is 8.42 Å². The van der Waals surface area contributed by atoms with Crippen LogP contribution in [0.15, 0.2) is 11.1 Å². The molecule has 0 atom stereocenters. The highest BCUT2D eigenvalue weighted by atomic mass is 32.2. The van der Waals surface area contributed by atoms with E-state index in [0.717, 1.165) is 12.8 Å². The summed E-state index contributed by atoms with van der Waals surface area (Å²) in [5.41, 5.74) is 5.75. The lowest BCUT2D eigenvalue weighted by atomic mass is 10.0. The fraction of sp³-hybridized carbons (Fsp3) is 0.769. The minimum atomic E-state index is -3.56. The van der Waals surface area contributed by atoms with Crippen LogP contribution in [0.4, 0.5) is 5.82 Å². The zero-order valence-electron chi connectivity index (χ0n) is 12.8. The summed E-state index contributed by atoms with van der Waals surface area (Å²) in [4.78, 5) is 0.118. The molecule has 0 bridgehead atoms. The molecule has 0 saturated carbocycles.